The Balaban J connectivity index is 0. The Labute approximate surface area is 4030 Å². The Bertz CT molecular complexity index is 0. The normalized spacial score (nSPS) is 0. The predicted molar refractivity (Wildman–Crippen MR) is 0 cm³/mol. The van der Waals surface area contributed by atoms with Crippen LogP contribution in [0.1, 0.15) is 0 Å². The topological polar surface area (TPSA) is 0 Å². The van der Waals surface area contributed by atoms with Crippen LogP contribution in [0, 0.1) is 4210 Å². The summed E-state index contributed by atoms with van der Waals surface area (Å²) in [5.41, 5.74) is 0. The van der Waals surface area contributed by atoms with Crippen molar-refractivity contribution in [2.24, 2.45) is 0 Å². The van der Waals surface area contributed by atoms with E-state index in [0.29, 0.717) is 0 Å². The van der Waals surface area contributed by atoms with Gasteiger partial charge in [0, 0.05) is 4210 Å². The van der Waals surface area contributed by atoms with Crippen molar-refractivity contribution in [1.82, 2.24) is 0 Å². The molecule has 0 N–H and O–H groups in total. The molecule has 0 atom stereocenters. The maximum Gasteiger partial charge on any atom is 0 e. The molecule has 109 heavy (non-hydrogen) atoms. The van der Waals surface area contributed by atoms with Crippen molar-refractivity contribution in [1.29, 1.82) is 0 Å². The summed E-state index contributed by atoms with van der Waals surface area (Å²) in [5, 5.41) is 0. The molecule has 0 spiro atoms. The van der Waals surface area contributed by atoms with Crippen LogP contribution in [0.2, 0.25) is 0 Å². The molecule has 981 valence electrons. The first-order valence-electron chi connectivity index (χ1n) is 0. The molecule has 109 heteroatoms. The van der Waals surface area contributed by atoms with Crippen molar-refractivity contribution < 1.29 is 4210 Å². The summed E-state index contributed by atoms with van der Waals surface area (Å²) in [6.07, 6.45) is 0. The Morgan fingerprint density at radius 3 is 0.00917 bits per heavy atom. The molecule has 0 saturated heterocycles. The van der Waals surface area contributed by atoms with Gasteiger partial charge in [-0.25, -0.2) is 0 Å². The summed E-state index contributed by atoms with van der Waals surface area (Å²) in [6.45, 7) is 0. The smallest absolute Gasteiger partial charge is 0 e. The molecular formula is Tb109. The summed E-state index contributed by atoms with van der Waals surface area (Å²) >= 11 is 0. The van der Waals surface area contributed by atoms with Crippen LogP contribution < -0.4 is 0 Å². The molecule has 0 heterocycles. The van der Waals surface area contributed by atoms with E-state index in [-0.39, 0.29) is 4210 Å². The van der Waals surface area contributed by atoms with E-state index >= 15 is 0 Å². The molecule has 0 aromatic rings. The molecule has 0 bridgehead atoms. The fraction of sp³-hybridized carbons (Fsp3) is 0. The molecule has 0 fully saturated rings. The van der Waals surface area contributed by atoms with Gasteiger partial charge in [-0.1, -0.05) is 0 Å². The molecule has 0 aliphatic carbocycles. The molecular weight excluding hydrogens is 17300 g/mol. The number of rotatable bonds is 0. The third-order valence-corrected chi connectivity index (χ3v) is 0. The summed E-state index contributed by atoms with van der Waals surface area (Å²) in [5.74, 6) is 0. The second-order valence-corrected chi connectivity index (χ2v) is 0. The quantitative estimate of drug-likeness (QED) is 0.321. The van der Waals surface area contributed by atoms with Gasteiger partial charge in [0.2, 0.25) is 0 Å². The van der Waals surface area contributed by atoms with Gasteiger partial charge in [-0.2, -0.15) is 0 Å². The molecule has 0 aromatic carbocycles. The third-order valence-electron chi connectivity index (χ3n) is 0. The van der Waals surface area contributed by atoms with Crippen LogP contribution in [0.3, 0.4) is 0 Å². The van der Waals surface area contributed by atoms with Gasteiger partial charge in [0.15, 0.2) is 0 Å². The standard InChI is InChI=1S/109Tb. The minimum Gasteiger partial charge on any atom is 0 e. The van der Waals surface area contributed by atoms with Gasteiger partial charge in [0.05, 0.1) is 0 Å². The van der Waals surface area contributed by atoms with E-state index in [0.717, 1.165) is 0 Å². The summed E-state index contributed by atoms with van der Waals surface area (Å²) in [7, 11) is 0. The molecule has 0 aliphatic rings. The molecule has 0 saturated carbocycles. The summed E-state index contributed by atoms with van der Waals surface area (Å²) < 4.78 is 0. The van der Waals surface area contributed by atoms with Gasteiger partial charge in [0.1, 0.15) is 0 Å². The maximum absolute atomic E-state index is 0. The zero-order valence-electron chi connectivity index (χ0n) is 36.3. The molecule has 0 amide bonds. The van der Waals surface area contributed by atoms with Crippen molar-refractivity contribution in [3.63, 3.8) is 0 Å². The van der Waals surface area contributed by atoms with Crippen molar-refractivity contribution in [2.45, 2.75) is 0 Å². The van der Waals surface area contributed by atoms with Crippen LogP contribution >= 0.6 is 0 Å². The third kappa shape index (κ3) is 765. The number of hydrogen-bond donors (Lipinski definition) is 0. The van der Waals surface area contributed by atoms with Crippen LogP contribution in [0.5, 0.6) is 0 Å². The fourth-order valence-electron chi connectivity index (χ4n) is 0. The zero-order valence-corrected chi connectivity index (χ0v) is 269. The van der Waals surface area contributed by atoms with Crippen molar-refractivity contribution in [3.05, 3.63) is 0 Å². The van der Waals surface area contributed by atoms with Crippen molar-refractivity contribution in [3.8, 4) is 0 Å². The summed E-state index contributed by atoms with van der Waals surface area (Å²) in [4.78, 5) is 0. The fourth-order valence-corrected chi connectivity index (χ4v) is 0. The maximum atomic E-state index is 0. The van der Waals surface area contributed by atoms with Crippen LogP contribution in [-0.2, 0) is 0 Å². The van der Waals surface area contributed by atoms with E-state index in [2.05, 4.69) is 0 Å². The zero-order chi connectivity index (χ0) is 0. The first-order valence-corrected chi connectivity index (χ1v) is 0. The van der Waals surface area contributed by atoms with E-state index in [9.17, 15) is 0 Å². The molecule has 0 aromatic heterocycles. The van der Waals surface area contributed by atoms with Crippen molar-refractivity contribution in [2.75, 3.05) is 0 Å². The van der Waals surface area contributed by atoms with E-state index in [4.69, 9.17) is 0 Å². The number of hydrogen-bond acceptors (Lipinski definition) is 0. The molecule has 109 radical (unpaired) electrons. The van der Waals surface area contributed by atoms with Gasteiger partial charge >= 0.3 is 0 Å². The van der Waals surface area contributed by atoms with Gasteiger partial charge in [0.25, 0.3) is 0 Å². The largest absolute Gasteiger partial charge is 0 e. The van der Waals surface area contributed by atoms with Crippen LogP contribution in [0.4, 0.5) is 0 Å². The minimum atomic E-state index is 0. The Morgan fingerprint density at radius 2 is 0.00917 bits per heavy atom. The first kappa shape index (κ1) is 781. The van der Waals surface area contributed by atoms with E-state index < -0.39 is 0 Å². The molecule has 0 aliphatic heterocycles. The minimum absolute atomic E-state index is 0. The van der Waals surface area contributed by atoms with Gasteiger partial charge in [-0.3, -0.25) is 0 Å². The average Bonchev–Trinajstić information content (AvgIpc) is 0. The second kappa shape index (κ2) is 772. The Kier molecular flexibility index (Phi) is 5530. The van der Waals surface area contributed by atoms with Crippen LogP contribution in [0.25, 0.3) is 0 Å². The SMILES string of the molecule is [Tb].[Tb].[Tb].[Tb].[Tb].[Tb].[Tb].[Tb].[Tb].[Tb].[Tb].[Tb].[Tb].[Tb].[Tb].[Tb].[Tb].[Tb].[Tb].[Tb].[Tb].[Tb].[Tb].[Tb].[Tb].[Tb].[Tb].[Tb].[Tb].[Tb].[Tb].[Tb].[Tb].[Tb].[Tb].[Tb].[Tb].[Tb].[Tb].[Tb].[Tb].[Tb].[Tb].[Tb].[Tb].[Tb].[Tb].[Tb].[Tb].[Tb].[Tb].[Tb].[Tb].[Tb].[Tb].[Tb].[Tb].[Tb].[Tb].[Tb].[Tb].[Tb].[Tb].[Tb].[Tb].[Tb].[Tb].[Tb].[Tb].[Tb].[Tb].[Tb].[Tb].[Tb].[Tb].[Tb].[Tb].[Tb].[Tb].[Tb].[Tb].[Tb].[Tb].[Tb].[Tb].[Tb].[Tb].[Tb].[Tb].[Tb].[Tb].[Tb].[Tb].[Tb].[Tb].[Tb].[Tb].[Tb].[Tb].[Tb].[Tb].[Tb].[Tb].[Tb].[Tb].[Tb].[Tb].[Tb].[Tb]. The summed E-state index contributed by atoms with van der Waals surface area (Å²) in [6, 6.07) is 0. The van der Waals surface area contributed by atoms with Gasteiger partial charge < -0.3 is 0 Å². The van der Waals surface area contributed by atoms with Crippen LogP contribution in [-0.4, -0.2) is 0 Å². The van der Waals surface area contributed by atoms with E-state index in [1.54, 1.807) is 0 Å². The molecule has 0 unspecified atom stereocenters. The monoisotopic (exact) mass is 17300 g/mol. The second-order valence-electron chi connectivity index (χ2n) is 0. The molecule has 0 rings (SSSR count). The van der Waals surface area contributed by atoms with E-state index in [1.165, 1.54) is 0 Å². The van der Waals surface area contributed by atoms with E-state index in [1.807, 2.05) is 0 Å². The van der Waals surface area contributed by atoms with Crippen molar-refractivity contribution >= 4 is 0 Å². The van der Waals surface area contributed by atoms with Gasteiger partial charge in [-0.15, -0.1) is 0 Å². The van der Waals surface area contributed by atoms with Crippen LogP contribution in [0.15, 0.2) is 0 Å². The predicted octanol–water partition coefficient (Wildman–Crippen LogP) is 0. The molecule has 0 nitrogen and oxygen atoms in total. The Morgan fingerprint density at radius 1 is 0.00917 bits per heavy atom. The van der Waals surface area contributed by atoms with Gasteiger partial charge in [-0.05, 0) is 0 Å². The average molecular weight is 17300 g/mol. The Hall–Kier alpha value is 140. The first-order chi connectivity index (χ1) is 0.